The number of alkyl halides is 3. The lowest BCUT2D eigenvalue weighted by Crippen LogP contribution is -2.35. The van der Waals surface area contributed by atoms with Gasteiger partial charge in [-0.1, -0.05) is 79.3 Å². The number of nitrogens with one attached hydrogen (secondary N) is 1. The highest BCUT2D eigenvalue weighted by Crippen LogP contribution is 2.39. The van der Waals surface area contributed by atoms with E-state index in [1.807, 2.05) is 31.2 Å². The largest absolute Gasteiger partial charge is 0.394 e. The first-order chi connectivity index (χ1) is 11.8. The van der Waals surface area contributed by atoms with E-state index in [1.54, 1.807) is 6.21 Å². The van der Waals surface area contributed by atoms with Crippen LogP contribution in [0.5, 0.6) is 0 Å². The van der Waals surface area contributed by atoms with E-state index < -0.39 is 15.4 Å². The number of halogens is 3. The molecule has 0 spiro atoms. The molecule has 0 aliphatic heterocycles. The summed E-state index contributed by atoms with van der Waals surface area (Å²) in [5.41, 5.74) is 0.875. The molecule has 3 N–H and O–H groups in total. The maximum Gasteiger partial charge on any atom is 0.209 e. The van der Waals surface area contributed by atoms with E-state index in [2.05, 4.69) is 17.2 Å². The lowest BCUT2D eigenvalue weighted by Gasteiger charge is -2.26. The van der Waals surface area contributed by atoms with Gasteiger partial charge in [0.15, 0.2) is 0 Å². The molecule has 0 amide bonds. The zero-order valence-electron chi connectivity index (χ0n) is 14.7. The van der Waals surface area contributed by atoms with Gasteiger partial charge in [0.1, 0.15) is 5.54 Å². The number of hydrogen-bond acceptors (Lipinski definition) is 4. The molecule has 0 fully saturated rings. The SMILES string of the molecule is CCCCN[C@@H](c1ccc(C=NC(CC)(CO)CO)cc1)C(Cl)(Cl)Cl. The quantitative estimate of drug-likeness (QED) is 0.310. The second kappa shape index (κ2) is 10.7. The molecular formula is C18H27Cl3N2O2. The van der Waals surface area contributed by atoms with Crippen molar-refractivity contribution in [3.8, 4) is 0 Å². The van der Waals surface area contributed by atoms with E-state index in [0.29, 0.717) is 6.42 Å². The number of unbranched alkanes of at least 4 members (excludes halogenated alkanes) is 1. The number of hydrogen-bond donors (Lipinski definition) is 3. The molecule has 1 aromatic carbocycles. The van der Waals surface area contributed by atoms with Gasteiger partial charge in [-0.25, -0.2) is 0 Å². The Labute approximate surface area is 165 Å². The van der Waals surface area contributed by atoms with E-state index >= 15 is 0 Å². The number of aliphatic imine (C=N–C) groups is 1. The lowest BCUT2D eigenvalue weighted by molar-refractivity contribution is 0.120. The highest BCUT2D eigenvalue weighted by Gasteiger charge is 2.33. The zero-order chi connectivity index (χ0) is 18.9. The number of aliphatic hydroxyl groups is 2. The molecule has 0 aliphatic rings. The minimum Gasteiger partial charge on any atom is -0.394 e. The average molecular weight is 410 g/mol. The monoisotopic (exact) mass is 408 g/mol. The molecular weight excluding hydrogens is 383 g/mol. The second-order valence-electron chi connectivity index (χ2n) is 6.10. The number of nitrogens with zero attached hydrogens (tertiary/aromatic N) is 1. The van der Waals surface area contributed by atoms with Crippen LogP contribution in [0.25, 0.3) is 0 Å². The van der Waals surface area contributed by atoms with Crippen LogP contribution in [-0.4, -0.2) is 45.5 Å². The molecule has 142 valence electrons. The van der Waals surface area contributed by atoms with Crippen LogP contribution in [0.2, 0.25) is 0 Å². The molecule has 0 unspecified atom stereocenters. The summed E-state index contributed by atoms with van der Waals surface area (Å²) in [5.74, 6) is 0. The van der Waals surface area contributed by atoms with Crippen molar-refractivity contribution in [3.63, 3.8) is 0 Å². The van der Waals surface area contributed by atoms with Gasteiger partial charge in [-0.05, 0) is 30.5 Å². The highest BCUT2D eigenvalue weighted by atomic mass is 35.6. The van der Waals surface area contributed by atoms with Gasteiger partial charge in [0.2, 0.25) is 3.79 Å². The molecule has 0 aliphatic carbocycles. The molecule has 1 aromatic rings. The van der Waals surface area contributed by atoms with Gasteiger partial charge in [-0.3, -0.25) is 4.99 Å². The first-order valence-corrected chi connectivity index (χ1v) is 9.62. The smallest absolute Gasteiger partial charge is 0.209 e. The van der Waals surface area contributed by atoms with Gasteiger partial charge in [0, 0.05) is 6.21 Å². The minimum atomic E-state index is -1.45. The normalized spacial score (nSPS) is 14.2. The van der Waals surface area contributed by atoms with Crippen molar-refractivity contribution in [2.75, 3.05) is 19.8 Å². The summed E-state index contributed by atoms with van der Waals surface area (Å²) in [4.78, 5) is 4.35. The molecule has 1 atom stereocenters. The van der Waals surface area contributed by atoms with Crippen LogP contribution in [0.3, 0.4) is 0 Å². The van der Waals surface area contributed by atoms with E-state index in [1.165, 1.54) is 0 Å². The lowest BCUT2D eigenvalue weighted by atomic mass is 9.99. The number of aliphatic hydroxyl groups excluding tert-OH is 2. The molecule has 0 radical (unpaired) electrons. The Hall–Kier alpha value is -0.360. The molecule has 1 rings (SSSR count). The van der Waals surface area contributed by atoms with E-state index in [4.69, 9.17) is 34.8 Å². The summed E-state index contributed by atoms with van der Waals surface area (Å²) in [6.45, 7) is 4.34. The maximum atomic E-state index is 9.44. The number of benzene rings is 1. The number of rotatable bonds is 10. The Morgan fingerprint density at radius 3 is 2.16 bits per heavy atom. The Morgan fingerprint density at radius 1 is 1.12 bits per heavy atom. The topological polar surface area (TPSA) is 64.9 Å². The fourth-order valence-corrected chi connectivity index (χ4v) is 2.89. The Bertz CT molecular complexity index is 518. The average Bonchev–Trinajstić information content (AvgIpc) is 2.60. The molecule has 25 heavy (non-hydrogen) atoms. The third-order valence-corrected chi connectivity index (χ3v) is 4.86. The van der Waals surface area contributed by atoms with Gasteiger partial charge < -0.3 is 15.5 Å². The molecule has 0 saturated carbocycles. The summed E-state index contributed by atoms with van der Waals surface area (Å²) in [7, 11) is 0. The maximum absolute atomic E-state index is 9.44. The van der Waals surface area contributed by atoms with E-state index in [9.17, 15) is 10.2 Å². The Kier molecular flexibility index (Phi) is 9.71. The van der Waals surface area contributed by atoms with E-state index in [0.717, 1.165) is 30.5 Å². The van der Waals surface area contributed by atoms with Crippen LogP contribution >= 0.6 is 34.8 Å². The van der Waals surface area contributed by atoms with Gasteiger partial charge in [-0.15, -0.1) is 0 Å². The molecule has 0 bridgehead atoms. The molecule has 7 heteroatoms. The van der Waals surface area contributed by atoms with Gasteiger partial charge >= 0.3 is 0 Å². The summed E-state index contributed by atoms with van der Waals surface area (Å²) < 4.78 is -1.45. The molecule has 4 nitrogen and oxygen atoms in total. The van der Waals surface area contributed by atoms with Gasteiger partial charge in [0.25, 0.3) is 0 Å². The van der Waals surface area contributed by atoms with Crippen molar-refractivity contribution in [2.24, 2.45) is 4.99 Å². The standard InChI is InChI=1S/C18H27Cl3N2O2/c1-3-5-10-22-16(18(19,20)21)15-8-6-14(7-9-15)11-23-17(4-2,12-24)13-25/h6-9,11,16,22,24-25H,3-5,10,12-13H2,1-2H3/t16-/m0/s1. The van der Waals surface area contributed by atoms with Crippen molar-refractivity contribution in [3.05, 3.63) is 35.4 Å². The summed E-state index contributed by atoms with van der Waals surface area (Å²) in [5, 5.41) is 22.2. The molecule has 0 heterocycles. The Balaban J connectivity index is 2.92. The summed E-state index contributed by atoms with van der Waals surface area (Å²) in [6.07, 6.45) is 4.26. The van der Waals surface area contributed by atoms with Crippen molar-refractivity contribution in [2.45, 2.75) is 48.5 Å². The second-order valence-corrected chi connectivity index (χ2v) is 8.47. The molecule has 0 saturated heterocycles. The van der Waals surface area contributed by atoms with Crippen LogP contribution in [-0.2, 0) is 0 Å². The van der Waals surface area contributed by atoms with Gasteiger partial charge in [0.05, 0.1) is 19.3 Å². The van der Waals surface area contributed by atoms with Crippen LogP contribution in [0.15, 0.2) is 29.3 Å². The predicted molar refractivity (Wildman–Crippen MR) is 107 cm³/mol. The third-order valence-electron chi connectivity index (χ3n) is 4.21. The fourth-order valence-electron chi connectivity index (χ4n) is 2.28. The van der Waals surface area contributed by atoms with Crippen LogP contribution in [0.4, 0.5) is 0 Å². The fraction of sp³-hybridized carbons (Fsp3) is 0.611. The summed E-state index contributed by atoms with van der Waals surface area (Å²) >= 11 is 18.3. The van der Waals surface area contributed by atoms with Crippen LogP contribution in [0, 0.1) is 0 Å². The molecule has 0 aromatic heterocycles. The van der Waals surface area contributed by atoms with Crippen molar-refractivity contribution in [1.29, 1.82) is 0 Å². The van der Waals surface area contributed by atoms with Crippen molar-refractivity contribution < 1.29 is 10.2 Å². The van der Waals surface area contributed by atoms with Crippen LogP contribution in [0.1, 0.15) is 50.3 Å². The minimum absolute atomic E-state index is 0.203. The predicted octanol–water partition coefficient (Wildman–Crippen LogP) is 4.04. The zero-order valence-corrected chi connectivity index (χ0v) is 17.0. The van der Waals surface area contributed by atoms with Crippen molar-refractivity contribution >= 4 is 41.0 Å². The van der Waals surface area contributed by atoms with Crippen molar-refractivity contribution in [1.82, 2.24) is 5.32 Å². The van der Waals surface area contributed by atoms with Crippen LogP contribution < -0.4 is 5.32 Å². The highest BCUT2D eigenvalue weighted by molar-refractivity contribution is 6.68. The Morgan fingerprint density at radius 2 is 1.72 bits per heavy atom. The summed E-state index contributed by atoms with van der Waals surface area (Å²) in [6, 6.07) is 7.12. The third kappa shape index (κ3) is 7.05. The van der Waals surface area contributed by atoms with Gasteiger partial charge in [-0.2, -0.15) is 0 Å². The first kappa shape index (κ1) is 22.7. The van der Waals surface area contributed by atoms with E-state index in [-0.39, 0.29) is 13.2 Å². The first-order valence-electron chi connectivity index (χ1n) is 8.49.